The smallest absolute Gasteiger partial charge is 0.220 e. The molecule has 0 saturated heterocycles. The van der Waals surface area contributed by atoms with Gasteiger partial charge in [0, 0.05) is 29.8 Å². The van der Waals surface area contributed by atoms with Gasteiger partial charge in [-0.1, -0.05) is 6.07 Å². The van der Waals surface area contributed by atoms with Crippen molar-refractivity contribution in [1.82, 2.24) is 15.2 Å². The zero-order valence-electron chi connectivity index (χ0n) is 15.3. The zero-order valence-corrected chi connectivity index (χ0v) is 16.1. The SMILES string of the molecule is CN(C)C(CNC(=O)CCc1ncc(-c2ccc(F)cc2)o1)c1cccs1. The largest absolute Gasteiger partial charge is 0.441 e. The molecule has 142 valence electrons. The normalized spacial score (nSPS) is 12.3. The molecule has 0 spiro atoms. The molecule has 1 N–H and O–H groups in total. The summed E-state index contributed by atoms with van der Waals surface area (Å²) < 4.78 is 18.7. The van der Waals surface area contributed by atoms with Crippen molar-refractivity contribution in [3.63, 3.8) is 0 Å². The van der Waals surface area contributed by atoms with Crippen LogP contribution in [-0.2, 0) is 11.2 Å². The van der Waals surface area contributed by atoms with Crippen LogP contribution in [0.25, 0.3) is 11.3 Å². The van der Waals surface area contributed by atoms with Gasteiger partial charge in [-0.05, 0) is 49.8 Å². The molecule has 2 heterocycles. The molecular weight excluding hydrogens is 365 g/mol. The number of oxazole rings is 1. The van der Waals surface area contributed by atoms with Crippen LogP contribution in [0.1, 0.15) is 23.2 Å². The van der Waals surface area contributed by atoms with Gasteiger partial charge in [-0.15, -0.1) is 11.3 Å². The first kappa shape index (κ1) is 19.3. The van der Waals surface area contributed by atoms with Crippen molar-refractivity contribution in [3.05, 3.63) is 64.6 Å². The number of rotatable bonds is 8. The van der Waals surface area contributed by atoms with Gasteiger partial charge in [-0.25, -0.2) is 9.37 Å². The summed E-state index contributed by atoms with van der Waals surface area (Å²) in [5, 5.41) is 5.02. The van der Waals surface area contributed by atoms with Crippen LogP contribution in [0.4, 0.5) is 4.39 Å². The van der Waals surface area contributed by atoms with Crippen molar-refractivity contribution in [1.29, 1.82) is 0 Å². The van der Waals surface area contributed by atoms with E-state index in [1.807, 2.05) is 25.5 Å². The highest BCUT2D eigenvalue weighted by Crippen LogP contribution is 2.23. The molecule has 3 rings (SSSR count). The van der Waals surface area contributed by atoms with E-state index in [2.05, 4.69) is 21.3 Å². The predicted molar refractivity (Wildman–Crippen MR) is 104 cm³/mol. The second-order valence-corrected chi connectivity index (χ2v) is 7.40. The number of halogens is 1. The first-order chi connectivity index (χ1) is 13.0. The van der Waals surface area contributed by atoms with Crippen LogP contribution in [-0.4, -0.2) is 36.4 Å². The summed E-state index contributed by atoms with van der Waals surface area (Å²) in [5.74, 6) is 0.719. The lowest BCUT2D eigenvalue weighted by molar-refractivity contribution is -0.121. The zero-order chi connectivity index (χ0) is 19.2. The third-order valence-corrected chi connectivity index (χ3v) is 5.21. The summed E-state index contributed by atoms with van der Waals surface area (Å²) >= 11 is 1.68. The van der Waals surface area contributed by atoms with Crippen molar-refractivity contribution in [2.45, 2.75) is 18.9 Å². The van der Waals surface area contributed by atoms with Crippen LogP contribution < -0.4 is 5.32 Å². The third-order valence-electron chi connectivity index (χ3n) is 4.24. The van der Waals surface area contributed by atoms with Gasteiger partial charge >= 0.3 is 0 Å². The number of carbonyl (C=O) groups excluding carboxylic acids is 1. The number of thiophene rings is 1. The van der Waals surface area contributed by atoms with Crippen molar-refractivity contribution in [2.24, 2.45) is 0 Å². The molecule has 0 aliphatic carbocycles. The maximum atomic E-state index is 13.0. The molecule has 1 amide bonds. The molecule has 0 radical (unpaired) electrons. The minimum atomic E-state index is -0.297. The minimum Gasteiger partial charge on any atom is -0.441 e. The van der Waals surface area contributed by atoms with E-state index in [1.165, 1.54) is 17.0 Å². The first-order valence-corrected chi connectivity index (χ1v) is 9.58. The number of hydrogen-bond acceptors (Lipinski definition) is 5. The van der Waals surface area contributed by atoms with Crippen LogP contribution in [0.2, 0.25) is 0 Å². The molecule has 5 nitrogen and oxygen atoms in total. The highest BCUT2D eigenvalue weighted by molar-refractivity contribution is 7.10. The topological polar surface area (TPSA) is 58.4 Å². The summed E-state index contributed by atoms with van der Waals surface area (Å²) in [6.45, 7) is 0.554. The van der Waals surface area contributed by atoms with Crippen molar-refractivity contribution < 1.29 is 13.6 Å². The molecule has 0 bridgehead atoms. The number of nitrogens with zero attached hydrogens (tertiary/aromatic N) is 2. The predicted octanol–water partition coefficient (Wildman–Crippen LogP) is 3.89. The van der Waals surface area contributed by atoms with E-state index in [1.54, 1.807) is 29.7 Å². The van der Waals surface area contributed by atoms with Crippen molar-refractivity contribution in [2.75, 3.05) is 20.6 Å². The molecule has 1 unspecified atom stereocenters. The van der Waals surface area contributed by atoms with Crippen LogP contribution >= 0.6 is 11.3 Å². The Hall–Kier alpha value is -2.51. The second kappa shape index (κ2) is 8.92. The van der Waals surface area contributed by atoms with Gasteiger partial charge < -0.3 is 14.6 Å². The van der Waals surface area contributed by atoms with E-state index >= 15 is 0 Å². The molecular formula is C20H22FN3O2S. The highest BCUT2D eigenvalue weighted by atomic mass is 32.1. The van der Waals surface area contributed by atoms with Crippen LogP contribution in [0.15, 0.2) is 52.4 Å². The standard InChI is InChI=1S/C20H22FN3O2S/c1-24(2)16(18-4-3-11-27-18)12-22-19(25)9-10-20-23-13-17(26-20)14-5-7-15(21)8-6-14/h3-8,11,13,16H,9-10,12H2,1-2H3,(H,22,25). The summed E-state index contributed by atoms with van der Waals surface area (Å²) in [7, 11) is 4.00. The lowest BCUT2D eigenvalue weighted by atomic mass is 10.2. The van der Waals surface area contributed by atoms with Gasteiger partial charge in [0.1, 0.15) is 5.82 Å². The van der Waals surface area contributed by atoms with E-state index in [-0.39, 0.29) is 17.8 Å². The number of amides is 1. The third kappa shape index (κ3) is 5.24. The summed E-state index contributed by atoms with van der Waals surface area (Å²) in [6, 6.07) is 10.3. The molecule has 0 aliphatic rings. The summed E-state index contributed by atoms with van der Waals surface area (Å²) in [5.41, 5.74) is 0.754. The first-order valence-electron chi connectivity index (χ1n) is 8.70. The number of aromatic nitrogens is 1. The van der Waals surface area contributed by atoms with Gasteiger partial charge in [0.15, 0.2) is 11.7 Å². The Morgan fingerprint density at radius 3 is 2.74 bits per heavy atom. The van der Waals surface area contributed by atoms with Gasteiger partial charge in [0.2, 0.25) is 5.91 Å². The number of hydrogen-bond donors (Lipinski definition) is 1. The van der Waals surface area contributed by atoms with Crippen molar-refractivity contribution >= 4 is 17.2 Å². The van der Waals surface area contributed by atoms with Gasteiger partial charge in [0.05, 0.1) is 12.2 Å². The maximum Gasteiger partial charge on any atom is 0.220 e. The fourth-order valence-electron chi connectivity index (χ4n) is 2.71. The quantitative estimate of drug-likeness (QED) is 0.637. The fourth-order valence-corrected chi connectivity index (χ4v) is 3.63. The average molecular weight is 387 g/mol. The Bertz CT molecular complexity index is 860. The Morgan fingerprint density at radius 1 is 1.30 bits per heavy atom. The minimum absolute atomic E-state index is 0.0417. The highest BCUT2D eigenvalue weighted by Gasteiger charge is 2.16. The van der Waals surface area contributed by atoms with Crippen LogP contribution in [0, 0.1) is 5.82 Å². The number of benzene rings is 1. The van der Waals surface area contributed by atoms with Crippen LogP contribution in [0.5, 0.6) is 0 Å². The maximum absolute atomic E-state index is 13.0. The van der Waals surface area contributed by atoms with Gasteiger partial charge in [0.25, 0.3) is 0 Å². The fraction of sp³-hybridized carbons (Fsp3) is 0.300. The summed E-state index contributed by atoms with van der Waals surface area (Å²) in [6.07, 6.45) is 2.31. The Balaban J connectivity index is 1.50. The Labute approximate surface area is 161 Å². The molecule has 0 fully saturated rings. The lowest BCUT2D eigenvalue weighted by Gasteiger charge is -2.23. The summed E-state index contributed by atoms with van der Waals surface area (Å²) in [4.78, 5) is 19.7. The molecule has 27 heavy (non-hydrogen) atoms. The molecule has 1 atom stereocenters. The number of nitrogens with one attached hydrogen (secondary N) is 1. The van der Waals surface area contributed by atoms with Gasteiger partial charge in [-0.3, -0.25) is 4.79 Å². The van der Waals surface area contributed by atoms with E-state index in [0.717, 1.165) is 5.56 Å². The molecule has 7 heteroatoms. The molecule has 1 aromatic carbocycles. The monoisotopic (exact) mass is 387 g/mol. The molecule has 0 aliphatic heterocycles. The molecule has 2 aromatic heterocycles. The molecule has 0 saturated carbocycles. The Morgan fingerprint density at radius 2 is 2.07 bits per heavy atom. The van der Waals surface area contributed by atoms with E-state index in [0.29, 0.717) is 31.0 Å². The van der Waals surface area contributed by atoms with E-state index in [4.69, 9.17) is 4.42 Å². The van der Waals surface area contributed by atoms with E-state index in [9.17, 15) is 9.18 Å². The van der Waals surface area contributed by atoms with Crippen molar-refractivity contribution in [3.8, 4) is 11.3 Å². The van der Waals surface area contributed by atoms with Crippen LogP contribution in [0.3, 0.4) is 0 Å². The number of carbonyl (C=O) groups is 1. The lowest BCUT2D eigenvalue weighted by Crippen LogP contribution is -2.34. The number of likely N-dealkylation sites (N-methyl/N-ethyl adjacent to an activating group) is 1. The molecule has 3 aromatic rings. The number of aryl methyl sites for hydroxylation is 1. The average Bonchev–Trinajstić information content (AvgIpc) is 3.33. The second-order valence-electron chi connectivity index (χ2n) is 6.42. The van der Waals surface area contributed by atoms with Gasteiger partial charge in [-0.2, -0.15) is 0 Å². The Kier molecular flexibility index (Phi) is 6.36. The van der Waals surface area contributed by atoms with E-state index < -0.39 is 0 Å².